The summed E-state index contributed by atoms with van der Waals surface area (Å²) in [6, 6.07) is 7.31. The van der Waals surface area contributed by atoms with Crippen molar-refractivity contribution in [3.8, 4) is 0 Å². The number of urea groups is 1. The maximum atomic E-state index is 12.2. The molecule has 4 amide bonds. The highest BCUT2D eigenvalue weighted by molar-refractivity contribution is 6.02. The van der Waals surface area contributed by atoms with Crippen molar-refractivity contribution in [3.05, 3.63) is 24.3 Å². The van der Waals surface area contributed by atoms with Gasteiger partial charge in [-0.25, -0.2) is 4.79 Å². The third-order valence-corrected chi connectivity index (χ3v) is 3.84. The van der Waals surface area contributed by atoms with E-state index >= 15 is 0 Å². The van der Waals surface area contributed by atoms with Gasteiger partial charge in [-0.1, -0.05) is 0 Å². The Bertz CT molecular complexity index is 582. The third kappa shape index (κ3) is 4.00. The molecule has 1 heterocycles. The Labute approximate surface area is 135 Å². The lowest BCUT2D eigenvalue weighted by Crippen LogP contribution is -2.33. The van der Waals surface area contributed by atoms with Crippen LogP contribution >= 0.6 is 0 Å². The number of hydrogen-bond donors (Lipinski definition) is 1. The summed E-state index contributed by atoms with van der Waals surface area (Å²) in [5, 5.41) is 2.46. The van der Waals surface area contributed by atoms with E-state index in [9.17, 15) is 14.4 Å². The second kappa shape index (κ2) is 7.13. The smallest absolute Gasteiger partial charge is 0.324 e. The van der Waals surface area contributed by atoms with Crippen molar-refractivity contribution >= 4 is 29.2 Å². The van der Waals surface area contributed by atoms with Gasteiger partial charge in [-0.05, 0) is 30.7 Å². The summed E-state index contributed by atoms with van der Waals surface area (Å²) >= 11 is 0. The largest absolute Gasteiger partial charge is 0.378 e. The zero-order valence-electron chi connectivity index (χ0n) is 13.7. The summed E-state index contributed by atoms with van der Waals surface area (Å²) in [6.07, 6.45) is 0.737. The predicted molar refractivity (Wildman–Crippen MR) is 88.5 cm³/mol. The van der Waals surface area contributed by atoms with Gasteiger partial charge in [-0.3, -0.25) is 14.5 Å². The topological polar surface area (TPSA) is 73.0 Å². The molecule has 23 heavy (non-hydrogen) atoms. The zero-order valence-corrected chi connectivity index (χ0v) is 13.7. The van der Waals surface area contributed by atoms with Gasteiger partial charge in [-0.2, -0.15) is 0 Å². The number of nitrogens with one attached hydrogen (secondary N) is 1. The van der Waals surface area contributed by atoms with Crippen LogP contribution in [0, 0.1) is 0 Å². The van der Waals surface area contributed by atoms with E-state index in [1.165, 1.54) is 0 Å². The van der Waals surface area contributed by atoms with Gasteiger partial charge in [0.15, 0.2) is 0 Å². The van der Waals surface area contributed by atoms with Crippen molar-refractivity contribution < 1.29 is 14.4 Å². The van der Waals surface area contributed by atoms with Crippen LogP contribution in [0.25, 0.3) is 0 Å². The maximum Gasteiger partial charge on any atom is 0.324 e. The first-order chi connectivity index (χ1) is 10.9. The lowest BCUT2D eigenvalue weighted by atomic mass is 10.2. The van der Waals surface area contributed by atoms with E-state index in [4.69, 9.17) is 0 Å². The number of carbonyl (C=O) groups excluding carboxylic acids is 3. The fraction of sp³-hybridized carbons (Fsp3) is 0.438. The normalized spacial score (nSPS) is 14.0. The van der Waals surface area contributed by atoms with Crippen LogP contribution in [-0.4, -0.2) is 57.0 Å². The number of carbonyl (C=O) groups is 3. The Hall–Kier alpha value is -2.57. The van der Waals surface area contributed by atoms with Gasteiger partial charge >= 0.3 is 6.03 Å². The van der Waals surface area contributed by atoms with Crippen molar-refractivity contribution in [2.75, 3.05) is 44.0 Å². The summed E-state index contributed by atoms with van der Waals surface area (Å²) in [4.78, 5) is 39.8. The van der Waals surface area contributed by atoms with Crippen LogP contribution in [0.1, 0.15) is 12.8 Å². The van der Waals surface area contributed by atoms with Gasteiger partial charge in [0.1, 0.15) is 0 Å². The molecule has 0 unspecified atom stereocenters. The van der Waals surface area contributed by atoms with E-state index in [1.54, 1.807) is 11.9 Å². The second-order valence-electron chi connectivity index (χ2n) is 5.67. The number of amides is 4. The molecule has 1 aromatic rings. The first-order valence-corrected chi connectivity index (χ1v) is 7.52. The maximum absolute atomic E-state index is 12.2. The van der Waals surface area contributed by atoms with Crippen LogP contribution in [-0.2, 0) is 9.59 Å². The van der Waals surface area contributed by atoms with Crippen molar-refractivity contribution in [1.29, 1.82) is 0 Å². The van der Waals surface area contributed by atoms with Crippen LogP contribution < -0.4 is 15.1 Å². The molecule has 1 saturated heterocycles. The number of hydrogen-bond acceptors (Lipinski definition) is 4. The van der Waals surface area contributed by atoms with Gasteiger partial charge < -0.3 is 15.1 Å². The summed E-state index contributed by atoms with van der Waals surface area (Å²) in [5.41, 5.74) is 1.88. The Morgan fingerprint density at radius 3 is 2.26 bits per heavy atom. The first kappa shape index (κ1) is 16.8. The summed E-state index contributed by atoms with van der Waals surface area (Å²) in [7, 11) is 5.64. The van der Waals surface area contributed by atoms with Gasteiger partial charge in [0.05, 0.1) is 6.54 Å². The molecule has 1 aliphatic rings. The summed E-state index contributed by atoms with van der Waals surface area (Å²) < 4.78 is 0. The molecule has 2 rings (SSSR count). The van der Waals surface area contributed by atoms with Crippen molar-refractivity contribution in [3.63, 3.8) is 0 Å². The molecule has 1 fully saturated rings. The summed E-state index contributed by atoms with van der Waals surface area (Å²) in [5.74, 6) is -0.287. The molecule has 7 heteroatoms. The molecule has 0 atom stereocenters. The standard InChI is InChI=1S/C16H22N4O3/c1-18(2)12-6-8-13(9-7-12)19(3)14(21)5-4-10-20-15(22)11-17-16(20)23/h6-9H,4-5,10-11H2,1-3H3,(H,17,23). The Balaban J connectivity index is 1.85. The minimum Gasteiger partial charge on any atom is -0.378 e. The fourth-order valence-electron chi connectivity index (χ4n) is 2.36. The molecule has 0 aliphatic carbocycles. The van der Waals surface area contributed by atoms with E-state index in [0.717, 1.165) is 16.3 Å². The number of imide groups is 1. The monoisotopic (exact) mass is 318 g/mol. The molecule has 1 aliphatic heterocycles. The molecule has 7 nitrogen and oxygen atoms in total. The van der Waals surface area contributed by atoms with Gasteiger partial charge in [0, 0.05) is 45.5 Å². The quantitative estimate of drug-likeness (QED) is 0.796. The molecule has 0 bridgehead atoms. The number of rotatable bonds is 6. The Kier molecular flexibility index (Phi) is 5.20. The molecule has 0 aromatic heterocycles. The van der Waals surface area contributed by atoms with Crippen LogP contribution in [0.3, 0.4) is 0 Å². The van der Waals surface area contributed by atoms with E-state index in [2.05, 4.69) is 5.32 Å². The SMILES string of the molecule is CN(C)c1ccc(N(C)C(=O)CCCN2C(=O)CNC2=O)cc1. The van der Waals surface area contributed by atoms with Crippen LogP contribution in [0.2, 0.25) is 0 Å². The minimum absolute atomic E-state index is 0.0465. The molecule has 0 spiro atoms. The molecular weight excluding hydrogens is 296 g/mol. The third-order valence-electron chi connectivity index (χ3n) is 3.84. The molecule has 0 radical (unpaired) electrons. The first-order valence-electron chi connectivity index (χ1n) is 7.52. The van der Waals surface area contributed by atoms with Crippen molar-refractivity contribution in [2.24, 2.45) is 0 Å². The van der Waals surface area contributed by atoms with Gasteiger partial charge in [0.2, 0.25) is 11.8 Å². The average Bonchev–Trinajstić information content (AvgIpc) is 2.86. The number of benzene rings is 1. The lowest BCUT2D eigenvalue weighted by molar-refractivity contribution is -0.125. The molecule has 0 saturated carbocycles. The van der Waals surface area contributed by atoms with Crippen molar-refractivity contribution in [1.82, 2.24) is 10.2 Å². The minimum atomic E-state index is -0.380. The Morgan fingerprint density at radius 1 is 1.13 bits per heavy atom. The fourth-order valence-corrected chi connectivity index (χ4v) is 2.36. The average molecular weight is 318 g/mol. The Morgan fingerprint density at radius 2 is 1.74 bits per heavy atom. The van der Waals surface area contributed by atoms with E-state index in [-0.39, 0.29) is 37.4 Å². The number of anilines is 2. The molecule has 124 valence electrons. The highest BCUT2D eigenvalue weighted by Gasteiger charge is 2.27. The molecule has 1 N–H and O–H groups in total. The van der Waals surface area contributed by atoms with Crippen LogP contribution in [0.5, 0.6) is 0 Å². The summed E-state index contributed by atoms with van der Waals surface area (Å²) in [6.45, 7) is 0.314. The molecule has 1 aromatic carbocycles. The molecular formula is C16H22N4O3. The lowest BCUT2D eigenvalue weighted by Gasteiger charge is -2.20. The second-order valence-corrected chi connectivity index (χ2v) is 5.67. The number of nitrogens with zero attached hydrogens (tertiary/aromatic N) is 3. The predicted octanol–water partition coefficient (Wildman–Crippen LogP) is 1.05. The van der Waals surface area contributed by atoms with Crippen LogP contribution in [0.4, 0.5) is 16.2 Å². The highest BCUT2D eigenvalue weighted by Crippen LogP contribution is 2.19. The van der Waals surface area contributed by atoms with Crippen LogP contribution in [0.15, 0.2) is 24.3 Å². The zero-order chi connectivity index (χ0) is 17.0. The van der Waals surface area contributed by atoms with Gasteiger partial charge in [-0.15, -0.1) is 0 Å². The van der Waals surface area contributed by atoms with Gasteiger partial charge in [0.25, 0.3) is 0 Å². The van der Waals surface area contributed by atoms with E-state index < -0.39 is 0 Å². The van der Waals surface area contributed by atoms with E-state index in [1.807, 2.05) is 43.3 Å². The van der Waals surface area contributed by atoms with E-state index in [0.29, 0.717) is 6.42 Å². The highest BCUT2D eigenvalue weighted by atomic mass is 16.2. The van der Waals surface area contributed by atoms with Crippen molar-refractivity contribution in [2.45, 2.75) is 12.8 Å².